The number of hydrogen-bond donors (Lipinski definition) is 1. The summed E-state index contributed by atoms with van der Waals surface area (Å²) in [5.74, 6) is 0.0726. The van der Waals surface area contributed by atoms with Gasteiger partial charge in [-0.1, -0.05) is 13.0 Å². The lowest BCUT2D eigenvalue weighted by Crippen LogP contribution is -2.34. The number of likely N-dealkylation sites (N-methyl/N-ethyl adjacent to an activating group) is 2. The number of hydrogen-bond acceptors (Lipinski definition) is 3. The standard InChI is InChI=1S/C10H16N2OS/c1-3-12(8-10(13)11-2)7-9-5-4-6-14-9/h4-6H,3,7-8H2,1-2H3,(H,11,13). The average molecular weight is 212 g/mol. The molecular formula is C10H16N2OS. The first-order valence-corrected chi connectivity index (χ1v) is 5.59. The molecule has 0 unspecified atom stereocenters. The molecule has 1 N–H and O–H groups in total. The maximum absolute atomic E-state index is 11.2. The lowest BCUT2D eigenvalue weighted by molar-refractivity contribution is -0.121. The molecule has 0 aliphatic heterocycles. The van der Waals surface area contributed by atoms with Crippen LogP contribution >= 0.6 is 11.3 Å². The summed E-state index contributed by atoms with van der Waals surface area (Å²) >= 11 is 1.73. The Morgan fingerprint density at radius 3 is 2.93 bits per heavy atom. The number of amides is 1. The fourth-order valence-electron chi connectivity index (χ4n) is 1.18. The van der Waals surface area contributed by atoms with Crippen LogP contribution in [0.3, 0.4) is 0 Å². The van der Waals surface area contributed by atoms with Crippen molar-refractivity contribution in [2.45, 2.75) is 13.5 Å². The molecule has 1 rings (SSSR count). The van der Waals surface area contributed by atoms with Gasteiger partial charge >= 0.3 is 0 Å². The number of thiophene rings is 1. The van der Waals surface area contributed by atoms with Gasteiger partial charge in [-0.2, -0.15) is 0 Å². The zero-order chi connectivity index (χ0) is 10.4. The van der Waals surface area contributed by atoms with E-state index in [1.165, 1.54) is 4.88 Å². The SMILES string of the molecule is CCN(CC(=O)NC)Cc1cccs1. The Kier molecular flexibility index (Phi) is 4.62. The molecule has 1 aromatic rings. The van der Waals surface area contributed by atoms with Crippen LogP contribution < -0.4 is 5.32 Å². The Morgan fingerprint density at radius 2 is 2.43 bits per heavy atom. The van der Waals surface area contributed by atoms with Crippen molar-refractivity contribution in [1.82, 2.24) is 10.2 Å². The van der Waals surface area contributed by atoms with Crippen LogP contribution in [0.5, 0.6) is 0 Å². The molecule has 3 nitrogen and oxygen atoms in total. The summed E-state index contributed by atoms with van der Waals surface area (Å²) in [5, 5.41) is 4.69. The van der Waals surface area contributed by atoms with E-state index in [9.17, 15) is 4.79 Å². The molecular weight excluding hydrogens is 196 g/mol. The third-order valence-electron chi connectivity index (χ3n) is 2.05. The Morgan fingerprint density at radius 1 is 1.64 bits per heavy atom. The molecule has 0 atom stereocenters. The lowest BCUT2D eigenvalue weighted by Gasteiger charge is -2.18. The predicted octanol–water partition coefficient (Wildman–Crippen LogP) is 1.32. The molecule has 0 spiro atoms. The molecule has 0 aliphatic rings. The number of nitrogens with one attached hydrogen (secondary N) is 1. The van der Waals surface area contributed by atoms with Crippen molar-refractivity contribution in [3.05, 3.63) is 22.4 Å². The Bertz CT molecular complexity index is 272. The van der Waals surface area contributed by atoms with Crippen LogP contribution in [0.25, 0.3) is 0 Å². The molecule has 0 saturated heterocycles. The van der Waals surface area contributed by atoms with Crippen LogP contribution in [-0.2, 0) is 11.3 Å². The minimum atomic E-state index is 0.0726. The Hall–Kier alpha value is -0.870. The van der Waals surface area contributed by atoms with E-state index in [4.69, 9.17) is 0 Å². The molecule has 0 fully saturated rings. The van der Waals surface area contributed by atoms with Gasteiger partial charge in [-0.05, 0) is 18.0 Å². The fraction of sp³-hybridized carbons (Fsp3) is 0.500. The van der Waals surface area contributed by atoms with Crippen molar-refractivity contribution in [3.8, 4) is 0 Å². The second kappa shape index (κ2) is 5.78. The summed E-state index contributed by atoms with van der Waals surface area (Å²) in [6.07, 6.45) is 0. The first-order valence-electron chi connectivity index (χ1n) is 4.71. The van der Waals surface area contributed by atoms with Gasteiger partial charge in [0.25, 0.3) is 0 Å². The molecule has 1 amide bonds. The quantitative estimate of drug-likeness (QED) is 0.798. The molecule has 0 aromatic carbocycles. The van der Waals surface area contributed by atoms with E-state index >= 15 is 0 Å². The molecule has 1 aromatic heterocycles. The molecule has 78 valence electrons. The highest BCUT2D eigenvalue weighted by atomic mass is 32.1. The Labute approximate surface area is 88.7 Å². The van der Waals surface area contributed by atoms with Crippen molar-refractivity contribution in [2.75, 3.05) is 20.1 Å². The van der Waals surface area contributed by atoms with Crippen LogP contribution in [0.15, 0.2) is 17.5 Å². The summed E-state index contributed by atoms with van der Waals surface area (Å²) in [6, 6.07) is 4.13. The highest BCUT2D eigenvalue weighted by Crippen LogP contribution is 2.11. The van der Waals surface area contributed by atoms with Crippen LogP contribution in [0.4, 0.5) is 0 Å². The van der Waals surface area contributed by atoms with E-state index in [2.05, 4.69) is 28.6 Å². The second-order valence-electron chi connectivity index (χ2n) is 3.06. The molecule has 0 aliphatic carbocycles. The first kappa shape index (κ1) is 11.2. The summed E-state index contributed by atoms with van der Waals surface area (Å²) in [4.78, 5) is 14.6. The largest absolute Gasteiger partial charge is 0.358 e. The van der Waals surface area contributed by atoms with Gasteiger partial charge in [-0.3, -0.25) is 9.69 Å². The number of carbonyl (C=O) groups is 1. The number of carbonyl (C=O) groups excluding carboxylic acids is 1. The van der Waals surface area contributed by atoms with Crippen LogP contribution in [0.2, 0.25) is 0 Å². The zero-order valence-corrected chi connectivity index (χ0v) is 9.43. The van der Waals surface area contributed by atoms with Gasteiger partial charge in [0, 0.05) is 18.5 Å². The van der Waals surface area contributed by atoms with Crippen molar-refractivity contribution < 1.29 is 4.79 Å². The predicted molar refractivity (Wildman–Crippen MR) is 59.3 cm³/mol. The van der Waals surface area contributed by atoms with Gasteiger partial charge in [0.1, 0.15) is 0 Å². The molecule has 4 heteroatoms. The summed E-state index contributed by atoms with van der Waals surface area (Å²) in [7, 11) is 1.67. The van der Waals surface area contributed by atoms with Crippen LogP contribution in [-0.4, -0.2) is 30.9 Å². The highest BCUT2D eigenvalue weighted by Gasteiger charge is 2.08. The molecule has 0 bridgehead atoms. The van der Waals surface area contributed by atoms with Gasteiger partial charge in [0.2, 0.25) is 5.91 Å². The normalized spacial score (nSPS) is 10.5. The Balaban J connectivity index is 2.43. The minimum absolute atomic E-state index is 0.0726. The molecule has 14 heavy (non-hydrogen) atoms. The number of nitrogens with zero attached hydrogens (tertiary/aromatic N) is 1. The third kappa shape index (κ3) is 3.47. The van der Waals surface area contributed by atoms with Gasteiger partial charge in [0.05, 0.1) is 6.54 Å². The lowest BCUT2D eigenvalue weighted by atomic mass is 10.4. The van der Waals surface area contributed by atoms with Gasteiger partial charge in [0.15, 0.2) is 0 Å². The number of rotatable bonds is 5. The third-order valence-corrected chi connectivity index (χ3v) is 2.91. The maximum atomic E-state index is 11.2. The topological polar surface area (TPSA) is 32.3 Å². The monoisotopic (exact) mass is 212 g/mol. The van der Waals surface area contributed by atoms with Crippen molar-refractivity contribution >= 4 is 17.2 Å². The fourth-order valence-corrected chi connectivity index (χ4v) is 1.93. The van der Waals surface area contributed by atoms with Crippen LogP contribution in [0.1, 0.15) is 11.8 Å². The van der Waals surface area contributed by atoms with E-state index in [0.29, 0.717) is 6.54 Å². The summed E-state index contributed by atoms with van der Waals surface area (Å²) in [5.41, 5.74) is 0. The van der Waals surface area contributed by atoms with Crippen molar-refractivity contribution in [2.24, 2.45) is 0 Å². The zero-order valence-electron chi connectivity index (χ0n) is 8.62. The van der Waals surface area contributed by atoms with E-state index in [0.717, 1.165) is 13.1 Å². The average Bonchev–Trinajstić information content (AvgIpc) is 2.69. The smallest absolute Gasteiger partial charge is 0.233 e. The summed E-state index contributed by atoms with van der Waals surface area (Å²) in [6.45, 7) is 4.30. The van der Waals surface area contributed by atoms with E-state index in [1.807, 2.05) is 6.07 Å². The van der Waals surface area contributed by atoms with E-state index in [-0.39, 0.29) is 5.91 Å². The van der Waals surface area contributed by atoms with Crippen LogP contribution in [0, 0.1) is 0 Å². The minimum Gasteiger partial charge on any atom is -0.358 e. The summed E-state index contributed by atoms with van der Waals surface area (Å²) < 4.78 is 0. The molecule has 0 radical (unpaired) electrons. The van der Waals surface area contributed by atoms with Gasteiger partial charge < -0.3 is 5.32 Å². The molecule has 1 heterocycles. The van der Waals surface area contributed by atoms with Crippen molar-refractivity contribution in [1.29, 1.82) is 0 Å². The van der Waals surface area contributed by atoms with Gasteiger partial charge in [-0.15, -0.1) is 11.3 Å². The highest BCUT2D eigenvalue weighted by molar-refractivity contribution is 7.09. The first-order chi connectivity index (χ1) is 6.76. The second-order valence-corrected chi connectivity index (χ2v) is 4.09. The maximum Gasteiger partial charge on any atom is 0.233 e. The van der Waals surface area contributed by atoms with Gasteiger partial charge in [-0.25, -0.2) is 0 Å². The van der Waals surface area contributed by atoms with E-state index < -0.39 is 0 Å². The van der Waals surface area contributed by atoms with E-state index in [1.54, 1.807) is 18.4 Å². The van der Waals surface area contributed by atoms with Crippen molar-refractivity contribution in [3.63, 3.8) is 0 Å². The molecule has 0 saturated carbocycles.